The predicted octanol–water partition coefficient (Wildman–Crippen LogP) is 1.89. The summed E-state index contributed by atoms with van der Waals surface area (Å²) in [7, 11) is 0. The van der Waals surface area contributed by atoms with Gasteiger partial charge in [0.1, 0.15) is 5.75 Å². The highest BCUT2D eigenvalue weighted by Gasteiger charge is 2.23. The predicted molar refractivity (Wildman–Crippen MR) is 55.3 cm³/mol. The molecule has 0 aliphatic heterocycles. The first-order valence-corrected chi connectivity index (χ1v) is 4.66. The summed E-state index contributed by atoms with van der Waals surface area (Å²) in [6, 6.07) is 0. The molecule has 0 aromatic carbocycles. The number of aryl methyl sites for hydroxylation is 1. The molecule has 0 unspecified atom stereocenters. The molecule has 3 nitrogen and oxygen atoms in total. The molecule has 1 aromatic rings. The molecule has 14 heavy (non-hydrogen) atoms. The average molecular weight is 195 g/mol. The Bertz CT molecular complexity index is 340. The second kappa shape index (κ2) is 3.58. The Hall–Kier alpha value is -1.09. The highest BCUT2D eigenvalue weighted by atomic mass is 16.3. The normalized spacial score (nSPS) is 11.8. The Balaban J connectivity index is 3.44. The van der Waals surface area contributed by atoms with E-state index in [9.17, 15) is 5.11 Å². The van der Waals surface area contributed by atoms with Crippen molar-refractivity contribution < 1.29 is 10.2 Å². The summed E-state index contributed by atoms with van der Waals surface area (Å²) in [5.41, 5.74) is 1.90. The maximum atomic E-state index is 9.87. The molecule has 1 aromatic heterocycles. The Morgan fingerprint density at radius 2 is 1.93 bits per heavy atom. The number of aliphatic hydroxyl groups is 1. The van der Waals surface area contributed by atoms with Gasteiger partial charge in [-0.05, 0) is 12.3 Å². The molecule has 78 valence electrons. The summed E-state index contributed by atoms with van der Waals surface area (Å²) in [4.78, 5) is 4.01. The number of hydrogen-bond donors (Lipinski definition) is 2. The molecule has 0 amide bonds. The van der Waals surface area contributed by atoms with Crippen molar-refractivity contribution in [2.45, 2.75) is 39.7 Å². The molecule has 0 aliphatic carbocycles. The van der Waals surface area contributed by atoms with Crippen LogP contribution in [-0.4, -0.2) is 15.2 Å². The third-order valence-electron chi connectivity index (χ3n) is 2.24. The molecule has 0 atom stereocenters. The number of aliphatic hydroxyl groups excluding tert-OH is 1. The van der Waals surface area contributed by atoms with E-state index in [0.29, 0.717) is 11.3 Å². The first-order chi connectivity index (χ1) is 6.38. The second-order valence-electron chi connectivity index (χ2n) is 4.50. The molecule has 0 radical (unpaired) electrons. The number of aromatic hydroxyl groups is 1. The zero-order chi connectivity index (χ0) is 10.9. The number of rotatable bonds is 1. The van der Waals surface area contributed by atoms with E-state index in [1.807, 2.05) is 20.8 Å². The van der Waals surface area contributed by atoms with E-state index in [4.69, 9.17) is 5.11 Å². The zero-order valence-corrected chi connectivity index (χ0v) is 9.13. The van der Waals surface area contributed by atoms with E-state index in [2.05, 4.69) is 4.98 Å². The first-order valence-electron chi connectivity index (χ1n) is 4.66. The van der Waals surface area contributed by atoms with Gasteiger partial charge >= 0.3 is 0 Å². The molecule has 0 spiro atoms. The molecular weight excluding hydrogens is 178 g/mol. The fourth-order valence-electron chi connectivity index (χ4n) is 1.59. The molecule has 1 heterocycles. The minimum absolute atomic E-state index is 0.0898. The zero-order valence-electron chi connectivity index (χ0n) is 9.13. The van der Waals surface area contributed by atoms with Crippen LogP contribution in [0.1, 0.15) is 37.6 Å². The van der Waals surface area contributed by atoms with E-state index in [1.54, 1.807) is 13.1 Å². The van der Waals surface area contributed by atoms with Crippen LogP contribution < -0.4 is 0 Å². The van der Waals surface area contributed by atoms with Crippen LogP contribution in [0, 0.1) is 6.92 Å². The van der Waals surface area contributed by atoms with E-state index in [0.717, 1.165) is 5.56 Å². The Kier molecular flexibility index (Phi) is 2.81. The molecule has 0 aliphatic rings. The summed E-state index contributed by atoms with van der Waals surface area (Å²) in [6.07, 6.45) is 1.62. The molecule has 0 bridgehead atoms. The van der Waals surface area contributed by atoms with Crippen LogP contribution in [0.4, 0.5) is 0 Å². The van der Waals surface area contributed by atoms with Gasteiger partial charge in [-0.2, -0.15) is 0 Å². The second-order valence-corrected chi connectivity index (χ2v) is 4.50. The Morgan fingerprint density at radius 1 is 1.36 bits per heavy atom. The molecular formula is C11H17NO2. The quantitative estimate of drug-likeness (QED) is 0.719. The summed E-state index contributed by atoms with van der Waals surface area (Å²) in [6.45, 7) is 7.67. The van der Waals surface area contributed by atoms with Gasteiger partial charge in [-0.1, -0.05) is 20.8 Å². The van der Waals surface area contributed by atoms with Gasteiger partial charge in [0.2, 0.25) is 0 Å². The number of aromatic nitrogens is 1. The average Bonchev–Trinajstić information content (AvgIpc) is 2.07. The third-order valence-corrected chi connectivity index (χ3v) is 2.24. The standard InChI is InChI=1S/C11H17NO2/c1-7-10(14)9(11(2,3)4)8(6-13)5-12-7/h5,13-14H,6H2,1-4H3. The smallest absolute Gasteiger partial charge is 0.140 e. The lowest BCUT2D eigenvalue weighted by molar-refractivity contribution is 0.276. The maximum Gasteiger partial charge on any atom is 0.140 e. The van der Waals surface area contributed by atoms with Crippen LogP contribution in [0.3, 0.4) is 0 Å². The lowest BCUT2D eigenvalue weighted by Gasteiger charge is -2.23. The largest absolute Gasteiger partial charge is 0.506 e. The van der Waals surface area contributed by atoms with Crippen LogP contribution in [0.5, 0.6) is 5.75 Å². The number of pyridine rings is 1. The summed E-state index contributed by atoms with van der Waals surface area (Å²) in [5, 5.41) is 19.0. The van der Waals surface area contributed by atoms with Gasteiger partial charge in [-0.3, -0.25) is 4.98 Å². The Morgan fingerprint density at radius 3 is 2.36 bits per heavy atom. The van der Waals surface area contributed by atoms with E-state index in [1.165, 1.54) is 0 Å². The molecule has 0 saturated carbocycles. The minimum Gasteiger partial charge on any atom is -0.506 e. The summed E-state index contributed by atoms with van der Waals surface area (Å²) >= 11 is 0. The molecule has 0 saturated heterocycles. The van der Waals surface area contributed by atoms with Gasteiger partial charge in [-0.25, -0.2) is 0 Å². The lowest BCUT2D eigenvalue weighted by atomic mass is 9.83. The SMILES string of the molecule is Cc1ncc(CO)c(C(C)(C)C)c1O. The van der Waals surface area contributed by atoms with Crippen molar-refractivity contribution in [3.8, 4) is 5.75 Å². The van der Waals surface area contributed by atoms with Crippen molar-refractivity contribution >= 4 is 0 Å². The van der Waals surface area contributed by atoms with Gasteiger partial charge in [0.05, 0.1) is 12.3 Å². The van der Waals surface area contributed by atoms with Gasteiger partial charge in [0.25, 0.3) is 0 Å². The van der Waals surface area contributed by atoms with Crippen molar-refractivity contribution in [1.29, 1.82) is 0 Å². The van der Waals surface area contributed by atoms with Crippen LogP contribution in [-0.2, 0) is 12.0 Å². The van der Waals surface area contributed by atoms with Gasteiger partial charge in [0, 0.05) is 17.3 Å². The van der Waals surface area contributed by atoms with Gasteiger partial charge < -0.3 is 10.2 Å². The van der Waals surface area contributed by atoms with E-state index >= 15 is 0 Å². The summed E-state index contributed by atoms with van der Waals surface area (Å²) < 4.78 is 0. The minimum atomic E-state index is -0.185. The summed E-state index contributed by atoms with van der Waals surface area (Å²) in [5.74, 6) is 0.198. The van der Waals surface area contributed by atoms with Crippen molar-refractivity contribution in [2.75, 3.05) is 0 Å². The topological polar surface area (TPSA) is 53.4 Å². The van der Waals surface area contributed by atoms with Crippen molar-refractivity contribution in [3.05, 3.63) is 23.0 Å². The lowest BCUT2D eigenvalue weighted by Crippen LogP contribution is -2.15. The highest BCUT2D eigenvalue weighted by Crippen LogP contribution is 2.34. The van der Waals surface area contributed by atoms with Crippen molar-refractivity contribution in [1.82, 2.24) is 4.98 Å². The fourth-order valence-corrected chi connectivity index (χ4v) is 1.59. The van der Waals surface area contributed by atoms with Gasteiger partial charge in [-0.15, -0.1) is 0 Å². The van der Waals surface area contributed by atoms with E-state index < -0.39 is 0 Å². The third kappa shape index (κ3) is 1.87. The van der Waals surface area contributed by atoms with Crippen LogP contribution in [0.15, 0.2) is 6.20 Å². The molecule has 1 rings (SSSR count). The molecule has 3 heteroatoms. The molecule has 0 fully saturated rings. The van der Waals surface area contributed by atoms with Crippen LogP contribution in [0.25, 0.3) is 0 Å². The van der Waals surface area contributed by atoms with E-state index in [-0.39, 0.29) is 17.8 Å². The monoisotopic (exact) mass is 195 g/mol. The Labute approximate surface area is 84.4 Å². The fraction of sp³-hybridized carbons (Fsp3) is 0.545. The maximum absolute atomic E-state index is 9.87. The number of hydrogen-bond acceptors (Lipinski definition) is 3. The van der Waals surface area contributed by atoms with Crippen LogP contribution >= 0.6 is 0 Å². The van der Waals surface area contributed by atoms with Crippen LogP contribution in [0.2, 0.25) is 0 Å². The van der Waals surface area contributed by atoms with Crippen molar-refractivity contribution in [3.63, 3.8) is 0 Å². The highest BCUT2D eigenvalue weighted by molar-refractivity contribution is 5.44. The first kappa shape index (κ1) is 11.0. The van der Waals surface area contributed by atoms with Crippen molar-refractivity contribution in [2.24, 2.45) is 0 Å². The number of nitrogens with zero attached hydrogens (tertiary/aromatic N) is 1. The molecule has 2 N–H and O–H groups in total. The van der Waals surface area contributed by atoms with Gasteiger partial charge in [0.15, 0.2) is 0 Å².